The van der Waals surface area contributed by atoms with E-state index in [1.165, 1.54) is 18.2 Å². The van der Waals surface area contributed by atoms with Gasteiger partial charge in [0, 0.05) is 12.4 Å². The number of aromatic nitrogens is 1. The molecule has 2 rings (SSSR count). The molecule has 17 heteroatoms. The highest BCUT2D eigenvalue weighted by Crippen LogP contribution is 2.42. The quantitative estimate of drug-likeness (QED) is 0.334. The van der Waals surface area contributed by atoms with E-state index in [0.717, 1.165) is 6.07 Å². The second-order valence-corrected chi connectivity index (χ2v) is 6.80. The number of benzene rings is 1. The minimum atomic E-state index is -5.30. The molecule has 214 valence electrons. The van der Waals surface area contributed by atoms with Gasteiger partial charge >= 0.3 is 24.7 Å². The van der Waals surface area contributed by atoms with Crippen LogP contribution in [0.1, 0.15) is 58.4 Å². The van der Waals surface area contributed by atoms with Gasteiger partial charge in [-0.15, -0.1) is 0 Å². The molecule has 0 atom stereocenters. The molecule has 0 saturated carbocycles. The van der Waals surface area contributed by atoms with Gasteiger partial charge < -0.3 is 0 Å². The average molecular weight is 587 g/mol. The number of pyridine rings is 1. The Kier molecular flexibility index (Phi) is 12.0. The van der Waals surface area contributed by atoms with Gasteiger partial charge in [-0.05, 0) is 17.2 Å². The number of nitriles is 4. The third-order valence-corrected chi connectivity index (χ3v) is 4.44. The second kappa shape index (κ2) is 13.5. The lowest BCUT2D eigenvalue weighted by atomic mass is 9.90. The molecule has 0 N–H and O–H groups in total. The second-order valence-electron chi connectivity index (χ2n) is 6.80. The monoisotopic (exact) mass is 587 g/mol. The molecule has 0 bridgehead atoms. The number of hydrogen-bond acceptors (Lipinski definition) is 5. The van der Waals surface area contributed by atoms with Crippen LogP contribution in [-0.4, -0.2) is 4.98 Å². The van der Waals surface area contributed by atoms with Gasteiger partial charge in [0.15, 0.2) is 0 Å². The highest BCUT2D eigenvalue weighted by atomic mass is 19.4. The standard InChI is InChI=1S/C12H3F6N3.C9H4F6N2.C2H6/c13-11(14,15)9-3-6(4-20)7(1-2-19)10(8(9)5-21)12(16,17)18;10-8(11,12)6-3-17-4-7(9(13,14)15)5(6)1-2-16;1-2/h3H,1H2;3-4H,1H2;1-2H3. The molecule has 1 aromatic carbocycles. The van der Waals surface area contributed by atoms with Crippen LogP contribution in [0.2, 0.25) is 0 Å². The Hall–Kier alpha value is -4.51. The van der Waals surface area contributed by atoms with Crippen molar-refractivity contribution in [2.24, 2.45) is 0 Å². The first-order valence-corrected chi connectivity index (χ1v) is 10.2. The van der Waals surface area contributed by atoms with Gasteiger partial charge in [0.1, 0.15) is 6.07 Å². The molecule has 40 heavy (non-hydrogen) atoms. The predicted molar refractivity (Wildman–Crippen MR) is 110 cm³/mol. The minimum absolute atomic E-state index is 0.153. The lowest BCUT2D eigenvalue weighted by Gasteiger charge is -2.18. The van der Waals surface area contributed by atoms with E-state index in [2.05, 4.69) is 4.98 Å². The van der Waals surface area contributed by atoms with Gasteiger partial charge in [-0.25, -0.2) is 0 Å². The van der Waals surface area contributed by atoms with Crippen molar-refractivity contribution in [3.05, 3.63) is 63.0 Å². The van der Waals surface area contributed by atoms with Gasteiger partial charge in [-0.3, -0.25) is 4.98 Å². The molecular formula is C23H13F12N5. The van der Waals surface area contributed by atoms with Gasteiger partial charge in [-0.2, -0.15) is 73.7 Å². The Morgan fingerprint density at radius 1 is 0.600 bits per heavy atom. The van der Waals surface area contributed by atoms with Gasteiger partial charge in [0.25, 0.3) is 0 Å². The molecule has 0 aliphatic heterocycles. The molecule has 1 heterocycles. The van der Waals surface area contributed by atoms with Crippen molar-refractivity contribution < 1.29 is 52.7 Å². The number of halogens is 12. The summed E-state index contributed by atoms with van der Waals surface area (Å²) < 4.78 is 152. The van der Waals surface area contributed by atoms with E-state index < -0.39 is 82.1 Å². The first-order valence-electron chi connectivity index (χ1n) is 10.2. The van der Waals surface area contributed by atoms with E-state index in [0.29, 0.717) is 0 Å². The first-order chi connectivity index (χ1) is 18.2. The summed E-state index contributed by atoms with van der Waals surface area (Å²) in [7, 11) is 0. The van der Waals surface area contributed by atoms with Crippen molar-refractivity contribution in [3.8, 4) is 24.3 Å². The zero-order chi connectivity index (χ0) is 31.7. The molecule has 0 spiro atoms. The van der Waals surface area contributed by atoms with Crippen LogP contribution in [0.3, 0.4) is 0 Å². The molecule has 1 aromatic heterocycles. The number of nitrogens with zero attached hydrogens (tertiary/aromatic N) is 5. The summed E-state index contributed by atoms with van der Waals surface area (Å²) in [5.41, 5.74) is -11.4. The van der Waals surface area contributed by atoms with E-state index in [-0.39, 0.29) is 18.5 Å². The summed E-state index contributed by atoms with van der Waals surface area (Å²) in [6.07, 6.45) is -21.8. The summed E-state index contributed by atoms with van der Waals surface area (Å²) >= 11 is 0. The Balaban J connectivity index is 0.000000730. The van der Waals surface area contributed by atoms with Crippen LogP contribution in [0.15, 0.2) is 18.5 Å². The topological polar surface area (TPSA) is 108 Å². The maximum atomic E-state index is 13.0. The molecule has 0 amide bonds. The third kappa shape index (κ3) is 8.77. The Morgan fingerprint density at radius 3 is 1.30 bits per heavy atom. The number of alkyl halides is 12. The molecule has 0 aliphatic carbocycles. The van der Waals surface area contributed by atoms with Crippen molar-refractivity contribution in [1.82, 2.24) is 4.98 Å². The largest absolute Gasteiger partial charge is 0.418 e. The molecule has 0 radical (unpaired) electrons. The summed E-state index contributed by atoms with van der Waals surface area (Å²) in [5.74, 6) is 0. The molecule has 0 aliphatic rings. The number of hydrogen-bond donors (Lipinski definition) is 0. The number of rotatable bonds is 2. The van der Waals surface area contributed by atoms with Crippen LogP contribution in [0.5, 0.6) is 0 Å². The Morgan fingerprint density at radius 2 is 1.00 bits per heavy atom. The highest BCUT2D eigenvalue weighted by Gasteiger charge is 2.44. The van der Waals surface area contributed by atoms with Crippen molar-refractivity contribution in [2.45, 2.75) is 51.4 Å². The third-order valence-electron chi connectivity index (χ3n) is 4.44. The molecule has 0 saturated heterocycles. The summed E-state index contributed by atoms with van der Waals surface area (Å²) in [5, 5.41) is 34.2. The van der Waals surface area contributed by atoms with E-state index >= 15 is 0 Å². The Bertz CT molecular complexity index is 1320. The summed E-state index contributed by atoms with van der Waals surface area (Å²) in [4.78, 5) is 2.91. The molecular weight excluding hydrogens is 574 g/mol. The minimum Gasteiger partial charge on any atom is -0.263 e. The summed E-state index contributed by atoms with van der Waals surface area (Å²) in [6, 6.07) is 4.84. The molecule has 5 nitrogen and oxygen atoms in total. The lowest BCUT2D eigenvalue weighted by Crippen LogP contribution is -2.19. The fraction of sp³-hybridized carbons (Fsp3) is 0.348. The van der Waals surface area contributed by atoms with E-state index in [4.69, 9.17) is 21.0 Å². The predicted octanol–water partition coefficient (Wildman–Crippen LogP) is 7.75. The highest BCUT2D eigenvalue weighted by molar-refractivity contribution is 5.58. The average Bonchev–Trinajstić information content (AvgIpc) is 2.83. The first kappa shape index (κ1) is 35.5. The SMILES string of the molecule is CC.N#CCc1c(C#N)cc(C(F)(F)F)c(C#N)c1C(F)(F)F.N#CCc1c(C(F)(F)F)cncc1C(F)(F)F. The van der Waals surface area contributed by atoms with E-state index in [1.807, 2.05) is 13.8 Å². The molecule has 0 unspecified atom stereocenters. The smallest absolute Gasteiger partial charge is 0.263 e. The van der Waals surface area contributed by atoms with Crippen LogP contribution in [0.25, 0.3) is 0 Å². The fourth-order valence-corrected chi connectivity index (χ4v) is 2.98. The fourth-order valence-electron chi connectivity index (χ4n) is 2.98. The van der Waals surface area contributed by atoms with Crippen molar-refractivity contribution in [2.75, 3.05) is 0 Å². The lowest BCUT2D eigenvalue weighted by molar-refractivity contribution is -0.145. The van der Waals surface area contributed by atoms with Gasteiger partial charge in [-0.1, -0.05) is 13.8 Å². The van der Waals surface area contributed by atoms with E-state index in [9.17, 15) is 52.7 Å². The molecule has 0 fully saturated rings. The normalized spacial score (nSPS) is 11.3. The molecule has 2 aromatic rings. The zero-order valence-electron chi connectivity index (χ0n) is 19.9. The van der Waals surface area contributed by atoms with Crippen molar-refractivity contribution in [1.29, 1.82) is 21.0 Å². The van der Waals surface area contributed by atoms with Crippen LogP contribution in [-0.2, 0) is 37.5 Å². The van der Waals surface area contributed by atoms with Crippen LogP contribution < -0.4 is 0 Å². The van der Waals surface area contributed by atoms with E-state index in [1.54, 1.807) is 0 Å². The van der Waals surface area contributed by atoms with Gasteiger partial charge in [0.05, 0.1) is 64.4 Å². The van der Waals surface area contributed by atoms with Crippen LogP contribution in [0, 0.1) is 45.3 Å². The van der Waals surface area contributed by atoms with Crippen LogP contribution in [0.4, 0.5) is 52.7 Å². The van der Waals surface area contributed by atoms with Gasteiger partial charge in [0.2, 0.25) is 0 Å². The maximum absolute atomic E-state index is 13.0. The zero-order valence-corrected chi connectivity index (χ0v) is 19.9. The summed E-state index contributed by atoms with van der Waals surface area (Å²) in [6.45, 7) is 4.00. The van der Waals surface area contributed by atoms with Crippen molar-refractivity contribution >= 4 is 0 Å². The Labute approximate surface area is 218 Å². The van der Waals surface area contributed by atoms with Crippen LogP contribution >= 0.6 is 0 Å². The van der Waals surface area contributed by atoms with Crippen molar-refractivity contribution in [3.63, 3.8) is 0 Å². The maximum Gasteiger partial charge on any atom is 0.418 e.